The summed E-state index contributed by atoms with van der Waals surface area (Å²) in [5, 5.41) is 1.08. The molecule has 1 aromatic heterocycles. The van der Waals surface area contributed by atoms with E-state index >= 15 is 0 Å². The van der Waals surface area contributed by atoms with E-state index in [0.29, 0.717) is 0 Å². The Kier molecular flexibility index (Phi) is 9.77. The Hall–Kier alpha value is -8.22. The quantitative estimate of drug-likeness (QED) is 0.161. The van der Waals surface area contributed by atoms with Crippen LogP contribution in [0.15, 0.2) is 186 Å². The number of furan rings is 1. The van der Waals surface area contributed by atoms with Gasteiger partial charge in [-0.1, -0.05) is 165 Å². The third kappa shape index (κ3) is 6.98. The molecule has 366 valence electrons. The van der Waals surface area contributed by atoms with Gasteiger partial charge < -0.3 is 23.7 Å². The van der Waals surface area contributed by atoms with Crippen LogP contribution in [0, 0.1) is 6.92 Å². The smallest absolute Gasteiger partial charge is 0.252 e. The van der Waals surface area contributed by atoms with E-state index in [1.54, 1.807) is 0 Å². The maximum absolute atomic E-state index is 6.79. The van der Waals surface area contributed by atoms with Crippen LogP contribution in [0.4, 0.5) is 34.1 Å². The first-order valence-corrected chi connectivity index (χ1v) is 26.5. The number of ether oxygens (including phenoxy) is 2. The topological polar surface area (TPSA) is 38.1 Å². The molecular formula is C69H59BN2O3. The highest BCUT2D eigenvalue weighted by molar-refractivity contribution is 7.00. The Balaban J connectivity index is 1.07. The Morgan fingerprint density at radius 3 is 1.87 bits per heavy atom. The number of hydrogen-bond acceptors (Lipinski definition) is 5. The van der Waals surface area contributed by atoms with E-state index in [1.807, 2.05) is 6.07 Å². The van der Waals surface area contributed by atoms with E-state index in [0.717, 1.165) is 90.2 Å². The Bertz CT molecular complexity index is 3990. The van der Waals surface area contributed by atoms with Gasteiger partial charge in [0.05, 0.1) is 0 Å². The molecule has 0 fully saturated rings. The molecule has 0 amide bonds. The van der Waals surface area contributed by atoms with Crippen molar-refractivity contribution < 1.29 is 13.9 Å². The molecule has 9 aromatic carbocycles. The zero-order valence-electron chi connectivity index (χ0n) is 44.2. The number of hydrogen-bond donors (Lipinski definition) is 0. The van der Waals surface area contributed by atoms with E-state index in [2.05, 4.69) is 248 Å². The lowest BCUT2D eigenvalue weighted by molar-refractivity contribution is 0.174. The number of benzene rings is 9. The molecule has 4 aliphatic rings. The van der Waals surface area contributed by atoms with Gasteiger partial charge in [-0.05, 0) is 163 Å². The monoisotopic (exact) mass is 974 g/mol. The van der Waals surface area contributed by atoms with Gasteiger partial charge in [-0.25, -0.2) is 0 Å². The maximum Gasteiger partial charge on any atom is 0.252 e. The zero-order valence-corrected chi connectivity index (χ0v) is 44.2. The SMILES string of the molecule is Cc1cc2c3c(c1)N(c1c(-c4ccccc4)ccc4c1OCO4)c1ccc(C(C)(C)C)cc1B3c1cc(C(C)(C)C)ccc1N2c1cc(-c2ccc3c(c2)C(C)(C)c2ccccc2-3)cc(-c2cc3ccccc3o2)c1. The van der Waals surface area contributed by atoms with Crippen molar-refractivity contribution in [3.8, 4) is 56.2 Å². The van der Waals surface area contributed by atoms with Gasteiger partial charge in [-0.15, -0.1) is 0 Å². The number of fused-ring (bicyclic) bond motifs is 9. The normalized spacial score (nSPS) is 14.7. The first-order valence-electron chi connectivity index (χ1n) is 26.5. The van der Waals surface area contributed by atoms with Crippen LogP contribution >= 0.6 is 0 Å². The van der Waals surface area contributed by atoms with Crippen LogP contribution in [-0.4, -0.2) is 13.5 Å². The lowest BCUT2D eigenvalue weighted by Gasteiger charge is -2.45. The van der Waals surface area contributed by atoms with Gasteiger partial charge in [0.2, 0.25) is 6.79 Å². The number of rotatable bonds is 5. The minimum atomic E-state index is -0.154. The summed E-state index contributed by atoms with van der Waals surface area (Å²) < 4.78 is 19.6. The Morgan fingerprint density at radius 2 is 1.13 bits per heavy atom. The standard InChI is InChI=1S/C69H59BN2O3/c1-41-31-59-64-60(32-41)72(65-50(42-17-11-10-12-18-42)27-30-62-66(65)74-40-73-62)58-29-25-48(68(5,6)7)39-56(58)70(64)55-38-47(67(2,3)4)24-28-57(55)71(59)49-34-45(33-46(35-49)63-37-44-19-13-16-22-61(44)75-63)43-23-26-52-51-20-14-15-21-53(51)69(8,9)54(52)36-43/h10-39H,40H2,1-9H3. The minimum absolute atomic E-state index is 0.0922. The fourth-order valence-electron chi connectivity index (χ4n) is 12.7. The number of aryl methyl sites for hydroxylation is 1. The molecule has 10 aromatic rings. The van der Waals surface area contributed by atoms with E-state index in [1.165, 1.54) is 55.3 Å². The highest BCUT2D eigenvalue weighted by Gasteiger charge is 2.46. The zero-order chi connectivity index (χ0) is 51.3. The molecule has 0 spiro atoms. The second-order valence-corrected chi connectivity index (χ2v) is 23.8. The van der Waals surface area contributed by atoms with E-state index < -0.39 is 0 Å². The largest absolute Gasteiger partial charge is 0.456 e. The molecule has 1 aliphatic carbocycles. The molecule has 6 heteroatoms. The fraction of sp³-hybridized carbons (Fsp3) is 0.188. The van der Waals surface area contributed by atoms with Crippen LogP contribution < -0.4 is 35.7 Å². The van der Waals surface area contributed by atoms with Gasteiger partial charge in [0.25, 0.3) is 6.71 Å². The van der Waals surface area contributed by atoms with Crippen LogP contribution in [0.3, 0.4) is 0 Å². The van der Waals surface area contributed by atoms with Crippen molar-refractivity contribution in [2.45, 2.75) is 78.6 Å². The second kappa shape index (κ2) is 16.1. The van der Waals surface area contributed by atoms with Gasteiger partial charge in [0, 0.05) is 50.4 Å². The molecule has 75 heavy (non-hydrogen) atoms. The lowest BCUT2D eigenvalue weighted by atomic mass is 9.33. The first kappa shape index (κ1) is 45.4. The van der Waals surface area contributed by atoms with E-state index in [4.69, 9.17) is 13.9 Å². The summed E-state index contributed by atoms with van der Waals surface area (Å²) in [5.41, 5.74) is 25.5. The summed E-state index contributed by atoms with van der Waals surface area (Å²) in [6.45, 7) is 21.0. The van der Waals surface area contributed by atoms with Gasteiger partial charge in [-0.3, -0.25) is 0 Å². The number of nitrogens with zero attached hydrogens (tertiary/aromatic N) is 2. The summed E-state index contributed by atoms with van der Waals surface area (Å²) in [5.74, 6) is 2.33. The summed E-state index contributed by atoms with van der Waals surface area (Å²) >= 11 is 0. The Morgan fingerprint density at radius 1 is 0.493 bits per heavy atom. The van der Waals surface area contributed by atoms with Crippen molar-refractivity contribution in [3.63, 3.8) is 0 Å². The van der Waals surface area contributed by atoms with Crippen molar-refractivity contribution in [1.29, 1.82) is 0 Å². The molecule has 0 atom stereocenters. The highest BCUT2D eigenvalue weighted by Crippen LogP contribution is 2.55. The third-order valence-corrected chi connectivity index (χ3v) is 16.6. The van der Waals surface area contributed by atoms with Crippen molar-refractivity contribution in [3.05, 3.63) is 210 Å². The molecular weight excluding hydrogens is 916 g/mol. The summed E-state index contributed by atoms with van der Waals surface area (Å²) in [7, 11) is 0. The predicted molar refractivity (Wildman–Crippen MR) is 312 cm³/mol. The second-order valence-electron chi connectivity index (χ2n) is 23.8. The maximum atomic E-state index is 6.79. The minimum Gasteiger partial charge on any atom is -0.456 e. The molecule has 0 radical (unpaired) electrons. The first-order chi connectivity index (χ1) is 36.1. The van der Waals surface area contributed by atoms with Crippen LogP contribution in [0.2, 0.25) is 0 Å². The molecule has 14 rings (SSSR count). The lowest BCUT2D eigenvalue weighted by Crippen LogP contribution is -2.61. The molecule has 0 unspecified atom stereocenters. The van der Waals surface area contributed by atoms with Gasteiger partial charge >= 0.3 is 0 Å². The van der Waals surface area contributed by atoms with Crippen LogP contribution in [0.1, 0.15) is 83.2 Å². The molecule has 0 saturated carbocycles. The van der Waals surface area contributed by atoms with Crippen molar-refractivity contribution in [2.75, 3.05) is 16.6 Å². The summed E-state index contributed by atoms with van der Waals surface area (Å²) in [6, 6.07) is 67.9. The highest BCUT2D eigenvalue weighted by atomic mass is 16.7. The van der Waals surface area contributed by atoms with Gasteiger partial charge in [0.15, 0.2) is 11.5 Å². The fourth-order valence-corrected chi connectivity index (χ4v) is 12.7. The summed E-state index contributed by atoms with van der Waals surface area (Å²) in [6.07, 6.45) is 0. The molecule has 0 bridgehead atoms. The van der Waals surface area contributed by atoms with E-state index in [-0.39, 0.29) is 29.8 Å². The molecule has 5 nitrogen and oxygen atoms in total. The van der Waals surface area contributed by atoms with Crippen molar-refractivity contribution in [2.24, 2.45) is 0 Å². The third-order valence-electron chi connectivity index (χ3n) is 16.6. The molecule has 0 saturated heterocycles. The van der Waals surface area contributed by atoms with Crippen LogP contribution in [-0.2, 0) is 16.2 Å². The van der Waals surface area contributed by atoms with Crippen molar-refractivity contribution in [1.82, 2.24) is 0 Å². The Labute approximate surface area is 441 Å². The average Bonchev–Trinajstić information content (AvgIpc) is 4.14. The van der Waals surface area contributed by atoms with Crippen molar-refractivity contribution >= 4 is 68.2 Å². The van der Waals surface area contributed by atoms with Crippen LogP contribution in [0.25, 0.3) is 55.7 Å². The number of para-hydroxylation sites is 1. The van der Waals surface area contributed by atoms with Crippen LogP contribution in [0.5, 0.6) is 11.5 Å². The molecule has 4 heterocycles. The van der Waals surface area contributed by atoms with Gasteiger partial charge in [-0.2, -0.15) is 0 Å². The predicted octanol–water partition coefficient (Wildman–Crippen LogP) is 16.5. The van der Waals surface area contributed by atoms with Gasteiger partial charge in [0.1, 0.15) is 17.0 Å². The average molecular weight is 975 g/mol. The van der Waals surface area contributed by atoms with E-state index in [9.17, 15) is 0 Å². The number of anilines is 6. The molecule has 0 N–H and O–H groups in total. The summed E-state index contributed by atoms with van der Waals surface area (Å²) in [4.78, 5) is 5.05. The molecule has 3 aliphatic heterocycles.